The van der Waals surface area contributed by atoms with Gasteiger partial charge in [0.05, 0.1) is 0 Å². The molecule has 1 aromatic carbocycles. The van der Waals surface area contributed by atoms with Gasteiger partial charge in [0.25, 0.3) is 11.5 Å². The number of hydrogen-bond donors (Lipinski definition) is 2. The minimum atomic E-state index is -0.531. The molecule has 0 spiro atoms. The highest BCUT2D eigenvalue weighted by atomic mass is 35.5. The number of nitrogens with one attached hydrogen (secondary N) is 2. The van der Waals surface area contributed by atoms with E-state index in [4.69, 9.17) is 11.6 Å². The third-order valence-corrected chi connectivity index (χ3v) is 5.10. The zero-order valence-corrected chi connectivity index (χ0v) is 16.0. The van der Waals surface area contributed by atoms with Gasteiger partial charge < -0.3 is 15.2 Å². The van der Waals surface area contributed by atoms with Gasteiger partial charge in [-0.25, -0.2) is 4.39 Å². The van der Waals surface area contributed by atoms with Gasteiger partial charge in [-0.2, -0.15) is 0 Å². The molecule has 0 unspecified atom stereocenters. The molecule has 1 heterocycles. The lowest BCUT2D eigenvalue weighted by Crippen LogP contribution is -2.35. The van der Waals surface area contributed by atoms with Crippen molar-refractivity contribution < 1.29 is 14.0 Å². The zero-order valence-electron chi connectivity index (χ0n) is 15.2. The van der Waals surface area contributed by atoms with E-state index < -0.39 is 11.7 Å². The summed E-state index contributed by atoms with van der Waals surface area (Å²) in [5.74, 6) is -1.53. The van der Waals surface area contributed by atoms with E-state index in [-0.39, 0.29) is 47.6 Å². The Balaban J connectivity index is 1.63. The van der Waals surface area contributed by atoms with E-state index in [0.29, 0.717) is 5.56 Å². The Morgan fingerprint density at radius 3 is 2.61 bits per heavy atom. The van der Waals surface area contributed by atoms with Crippen molar-refractivity contribution in [2.24, 2.45) is 0 Å². The Kier molecular flexibility index (Phi) is 6.46. The Morgan fingerprint density at radius 2 is 1.96 bits per heavy atom. The van der Waals surface area contributed by atoms with E-state index in [1.165, 1.54) is 18.2 Å². The summed E-state index contributed by atoms with van der Waals surface area (Å²) in [4.78, 5) is 36.1. The highest BCUT2D eigenvalue weighted by molar-refractivity contribution is 6.27. The number of pyridine rings is 1. The number of halogens is 2. The van der Waals surface area contributed by atoms with Crippen molar-refractivity contribution in [3.8, 4) is 0 Å². The van der Waals surface area contributed by atoms with E-state index in [0.717, 1.165) is 19.3 Å². The maximum absolute atomic E-state index is 14.3. The highest BCUT2D eigenvalue weighted by Crippen LogP contribution is 2.29. The lowest BCUT2D eigenvalue weighted by Gasteiger charge is -2.27. The molecule has 0 bridgehead atoms. The second-order valence-corrected chi connectivity index (χ2v) is 7.01. The van der Waals surface area contributed by atoms with Crippen LogP contribution in [0.5, 0.6) is 0 Å². The summed E-state index contributed by atoms with van der Waals surface area (Å²) in [5, 5.41) is 5.15. The second-order valence-electron chi connectivity index (χ2n) is 6.74. The molecule has 2 amide bonds. The van der Waals surface area contributed by atoms with Crippen molar-refractivity contribution in [2.75, 3.05) is 5.88 Å². The normalized spacial score (nSPS) is 13.6. The van der Waals surface area contributed by atoms with Crippen LogP contribution in [0.15, 0.2) is 41.3 Å². The molecule has 1 aromatic heterocycles. The second kappa shape index (κ2) is 9.01. The summed E-state index contributed by atoms with van der Waals surface area (Å²) in [7, 11) is 0. The first-order valence-electron chi connectivity index (χ1n) is 9.09. The fraction of sp³-hybridized carbons (Fsp3) is 0.350. The predicted octanol–water partition coefficient (Wildman–Crippen LogP) is 2.50. The van der Waals surface area contributed by atoms with Gasteiger partial charge in [-0.05, 0) is 43.0 Å². The fourth-order valence-corrected chi connectivity index (χ4v) is 3.09. The number of nitrogens with zero attached hydrogens (tertiary/aromatic N) is 1. The van der Waals surface area contributed by atoms with E-state index >= 15 is 0 Å². The Labute approximate surface area is 166 Å². The first kappa shape index (κ1) is 20.1. The first-order chi connectivity index (χ1) is 13.5. The quantitative estimate of drug-likeness (QED) is 0.694. The van der Waals surface area contributed by atoms with Crippen molar-refractivity contribution in [1.29, 1.82) is 0 Å². The van der Waals surface area contributed by atoms with Gasteiger partial charge in [0.2, 0.25) is 5.91 Å². The smallest absolute Gasteiger partial charge is 0.263 e. The fourth-order valence-electron chi connectivity index (χ4n) is 3.00. The molecule has 0 aliphatic heterocycles. The highest BCUT2D eigenvalue weighted by Gasteiger charge is 2.22. The molecule has 3 rings (SSSR count). The van der Waals surface area contributed by atoms with Crippen LogP contribution in [-0.4, -0.2) is 22.3 Å². The predicted molar refractivity (Wildman–Crippen MR) is 104 cm³/mol. The van der Waals surface area contributed by atoms with Crippen LogP contribution in [0.1, 0.15) is 46.8 Å². The van der Waals surface area contributed by atoms with Crippen LogP contribution in [0, 0.1) is 5.82 Å². The van der Waals surface area contributed by atoms with Gasteiger partial charge in [-0.15, -0.1) is 11.6 Å². The number of amides is 2. The van der Waals surface area contributed by atoms with E-state index in [9.17, 15) is 18.8 Å². The van der Waals surface area contributed by atoms with Crippen molar-refractivity contribution >= 4 is 23.4 Å². The third kappa shape index (κ3) is 4.59. The minimum Gasteiger partial charge on any atom is -0.351 e. The molecular formula is C20H21ClFN3O3. The molecule has 6 nitrogen and oxygen atoms in total. The molecule has 148 valence electrons. The number of carbonyl (C=O) groups is 2. The van der Waals surface area contributed by atoms with E-state index in [1.54, 1.807) is 22.9 Å². The van der Waals surface area contributed by atoms with Crippen molar-refractivity contribution in [1.82, 2.24) is 15.2 Å². The minimum absolute atomic E-state index is 0.0449. The number of hydrogen-bond acceptors (Lipinski definition) is 3. The Bertz CT molecular complexity index is 941. The van der Waals surface area contributed by atoms with Crippen LogP contribution in [-0.2, 0) is 17.9 Å². The number of rotatable bonds is 7. The third-order valence-electron chi connectivity index (χ3n) is 4.86. The lowest BCUT2D eigenvalue weighted by atomic mass is 9.92. The van der Waals surface area contributed by atoms with Crippen LogP contribution in [0.25, 0.3) is 0 Å². The lowest BCUT2D eigenvalue weighted by molar-refractivity contribution is -0.118. The SMILES string of the molecule is O=C(CCl)NCc1ccc(CNC(=O)c2cccn(C3CCC3)c2=O)c(F)c1. The van der Waals surface area contributed by atoms with Gasteiger partial charge >= 0.3 is 0 Å². The van der Waals surface area contributed by atoms with Gasteiger partial charge in [-0.1, -0.05) is 12.1 Å². The van der Waals surface area contributed by atoms with Crippen LogP contribution < -0.4 is 16.2 Å². The molecule has 0 atom stereocenters. The molecule has 2 N–H and O–H groups in total. The van der Waals surface area contributed by atoms with Crippen LogP contribution >= 0.6 is 11.6 Å². The Morgan fingerprint density at radius 1 is 1.18 bits per heavy atom. The summed E-state index contributed by atoms with van der Waals surface area (Å²) in [6, 6.07) is 7.80. The van der Waals surface area contributed by atoms with E-state index in [1.807, 2.05) is 0 Å². The molecule has 28 heavy (non-hydrogen) atoms. The molecule has 8 heteroatoms. The molecule has 0 radical (unpaired) electrons. The summed E-state index contributed by atoms with van der Waals surface area (Å²) in [6.07, 6.45) is 4.66. The van der Waals surface area contributed by atoms with Gasteiger partial charge in [-0.3, -0.25) is 14.4 Å². The summed E-state index contributed by atoms with van der Waals surface area (Å²) >= 11 is 5.40. The maximum Gasteiger partial charge on any atom is 0.263 e. The molecule has 1 aliphatic rings. The maximum atomic E-state index is 14.3. The number of carbonyl (C=O) groups excluding carboxylic acids is 2. The molecule has 1 aliphatic carbocycles. The van der Waals surface area contributed by atoms with Gasteiger partial charge in [0.1, 0.15) is 17.3 Å². The Hall–Kier alpha value is -2.67. The summed E-state index contributed by atoms with van der Waals surface area (Å²) in [6.45, 7) is 0.122. The number of benzene rings is 1. The van der Waals surface area contributed by atoms with Crippen molar-refractivity contribution in [3.05, 3.63) is 69.4 Å². The topological polar surface area (TPSA) is 80.2 Å². The standard InChI is InChI=1S/C20H21ClFN3O3/c21-10-18(26)23-11-13-6-7-14(17(22)9-13)12-24-19(27)16-5-2-8-25(20(16)28)15-3-1-4-15/h2,5-9,15H,1,3-4,10-12H2,(H,23,26)(H,24,27). The number of alkyl halides is 1. The van der Waals surface area contributed by atoms with Gasteiger partial charge in [0.15, 0.2) is 0 Å². The molecule has 0 saturated heterocycles. The number of aromatic nitrogens is 1. The molecule has 1 fully saturated rings. The van der Waals surface area contributed by atoms with Crippen LogP contribution in [0.2, 0.25) is 0 Å². The zero-order chi connectivity index (χ0) is 20.1. The summed E-state index contributed by atoms with van der Waals surface area (Å²) in [5.41, 5.74) is 0.597. The average molecular weight is 406 g/mol. The monoisotopic (exact) mass is 405 g/mol. The van der Waals surface area contributed by atoms with Crippen LogP contribution in [0.3, 0.4) is 0 Å². The van der Waals surface area contributed by atoms with Crippen molar-refractivity contribution in [3.63, 3.8) is 0 Å². The van der Waals surface area contributed by atoms with Gasteiger partial charge in [0, 0.05) is 30.9 Å². The molecule has 2 aromatic rings. The molecular weight excluding hydrogens is 385 g/mol. The first-order valence-corrected chi connectivity index (χ1v) is 9.62. The van der Waals surface area contributed by atoms with Crippen molar-refractivity contribution in [2.45, 2.75) is 38.4 Å². The summed E-state index contributed by atoms with van der Waals surface area (Å²) < 4.78 is 15.9. The largest absolute Gasteiger partial charge is 0.351 e. The average Bonchev–Trinajstić information content (AvgIpc) is 2.65. The van der Waals surface area contributed by atoms with Crippen LogP contribution in [0.4, 0.5) is 4.39 Å². The molecule has 1 saturated carbocycles. The van der Waals surface area contributed by atoms with E-state index in [2.05, 4.69) is 10.6 Å².